The Balaban J connectivity index is 1.44. The third-order valence-corrected chi connectivity index (χ3v) is 5.99. The van der Waals surface area contributed by atoms with Crippen molar-refractivity contribution in [2.75, 3.05) is 20.7 Å². The van der Waals surface area contributed by atoms with Crippen LogP contribution in [0, 0.1) is 0 Å². The molecule has 3 saturated heterocycles. The van der Waals surface area contributed by atoms with Gasteiger partial charge in [-0.25, -0.2) is 0 Å². The zero-order chi connectivity index (χ0) is 16.2. The van der Waals surface area contributed by atoms with Crippen LogP contribution in [0.1, 0.15) is 24.3 Å². The van der Waals surface area contributed by atoms with Crippen LogP contribution in [0.3, 0.4) is 0 Å². The molecule has 2 bridgehead atoms. The molecule has 0 amide bonds. The van der Waals surface area contributed by atoms with Gasteiger partial charge in [-0.15, -0.1) is 0 Å². The molecule has 124 valence electrons. The molecule has 1 aromatic rings. The van der Waals surface area contributed by atoms with Gasteiger partial charge in [-0.3, -0.25) is 4.79 Å². The number of piperidine rings is 1. The minimum Gasteiger partial charge on any atom is -0.461 e. The molecular formula is C18H24NO4+. The molecule has 3 heterocycles. The molecule has 3 aliphatic heterocycles. The van der Waals surface area contributed by atoms with Gasteiger partial charge in [-0.1, -0.05) is 30.3 Å². The predicted molar refractivity (Wildman–Crippen MR) is 83.7 cm³/mol. The number of epoxide rings is 1. The van der Waals surface area contributed by atoms with E-state index in [1.807, 2.05) is 30.3 Å². The summed E-state index contributed by atoms with van der Waals surface area (Å²) < 4.78 is 12.5. The van der Waals surface area contributed by atoms with Crippen LogP contribution < -0.4 is 0 Å². The Morgan fingerprint density at radius 2 is 1.87 bits per heavy atom. The van der Waals surface area contributed by atoms with Crippen molar-refractivity contribution in [2.24, 2.45) is 0 Å². The van der Waals surface area contributed by atoms with E-state index in [1.54, 1.807) is 0 Å². The predicted octanol–water partition coefficient (Wildman–Crippen LogP) is 1.06. The molecule has 0 spiro atoms. The van der Waals surface area contributed by atoms with E-state index in [0.717, 1.165) is 22.9 Å². The quantitative estimate of drug-likeness (QED) is 0.512. The number of rotatable bonds is 4. The lowest BCUT2D eigenvalue weighted by atomic mass is 9.95. The van der Waals surface area contributed by atoms with Crippen molar-refractivity contribution < 1.29 is 23.9 Å². The maximum Gasteiger partial charge on any atom is 0.316 e. The second-order valence-corrected chi connectivity index (χ2v) is 7.51. The Kier molecular flexibility index (Phi) is 3.48. The largest absolute Gasteiger partial charge is 0.461 e. The summed E-state index contributed by atoms with van der Waals surface area (Å²) in [7, 11) is 4.51. The van der Waals surface area contributed by atoms with E-state index in [1.165, 1.54) is 0 Å². The Morgan fingerprint density at radius 1 is 1.26 bits per heavy atom. The Morgan fingerprint density at radius 3 is 2.43 bits per heavy atom. The van der Waals surface area contributed by atoms with Crippen LogP contribution in [0.2, 0.25) is 0 Å². The van der Waals surface area contributed by atoms with Crippen LogP contribution in [-0.4, -0.2) is 66.7 Å². The molecule has 5 nitrogen and oxygen atoms in total. The van der Waals surface area contributed by atoms with Crippen LogP contribution in [-0.2, 0) is 14.3 Å². The number of morpholine rings is 1. The molecule has 0 saturated carbocycles. The molecule has 23 heavy (non-hydrogen) atoms. The molecule has 2 unspecified atom stereocenters. The summed E-state index contributed by atoms with van der Waals surface area (Å²) in [6.45, 7) is -0.224. The van der Waals surface area contributed by atoms with Gasteiger partial charge in [-0.2, -0.15) is 0 Å². The summed E-state index contributed by atoms with van der Waals surface area (Å²) in [5.41, 5.74) is 0.807. The lowest BCUT2D eigenvalue weighted by Gasteiger charge is -2.45. The minimum absolute atomic E-state index is 0.0576. The highest BCUT2D eigenvalue weighted by molar-refractivity contribution is 5.78. The van der Waals surface area contributed by atoms with E-state index < -0.39 is 5.92 Å². The number of aliphatic hydroxyl groups is 1. The number of hydrogen-bond donors (Lipinski definition) is 1. The number of carbonyl (C=O) groups is 1. The number of likely N-dealkylation sites (N-methyl/N-ethyl adjacent to an activating group) is 1. The van der Waals surface area contributed by atoms with Gasteiger partial charge in [0.15, 0.2) is 0 Å². The highest BCUT2D eigenvalue weighted by Gasteiger charge is 2.70. The van der Waals surface area contributed by atoms with Crippen molar-refractivity contribution in [3.05, 3.63) is 35.9 Å². The zero-order valence-electron chi connectivity index (χ0n) is 13.6. The minimum atomic E-state index is -0.593. The van der Waals surface area contributed by atoms with Gasteiger partial charge in [0.25, 0.3) is 0 Å². The standard InChI is InChI=1S/C18H24NO4/c1-19(2)14-8-12(9-15(19)17-16(14)23-17)22-18(21)13(10-20)11-6-4-3-5-7-11/h3-7,12-17,20H,8-10H2,1-2H3/q+1/t12?,13?,14-,15+,16-,17+. The van der Waals surface area contributed by atoms with Crippen LogP contribution >= 0.6 is 0 Å². The van der Waals surface area contributed by atoms with Crippen LogP contribution in [0.5, 0.6) is 0 Å². The molecule has 0 radical (unpaired) electrons. The molecule has 0 aliphatic carbocycles. The van der Waals surface area contributed by atoms with Crippen molar-refractivity contribution in [2.45, 2.75) is 49.2 Å². The molecule has 6 atom stereocenters. The van der Waals surface area contributed by atoms with Gasteiger partial charge in [0.05, 0.1) is 20.7 Å². The monoisotopic (exact) mass is 318 g/mol. The van der Waals surface area contributed by atoms with Crippen LogP contribution in [0.15, 0.2) is 30.3 Å². The maximum atomic E-state index is 12.5. The van der Waals surface area contributed by atoms with Gasteiger partial charge in [-0.05, 0) is 5.56 Å². The number of quaternary nitrogens is 1. The fraction of sp³-hybridized carbons (Fsp3) is 0.611. The SMILES string of the molecule is C[N+]1(C)[C@@H]2CC(OC(=O)C(CO)c3ccccc3)C[C@H]1[C@@H]1O[C@@H]12. The summed E-state index contributed by atoms with van der Waals surface area (Å²) >= 11 is 0. The first-order valence-electron chi connectivity index (χ1n) is 8.37. The second-order valence-electron chi connectivity index (χ2n) is 7.51. The molecule has 1 aromatic carbocycles. The molecule has 4 rings (SSSR count). The highest BCUT2D eigenvalue weighted by atomic mass is 16.6. The van der Waals surface area contributed by atoms with Crippen molar-refractivity contribution in [3.63, 3.8) is 0 Å². The lowest BCUT2D eigenvalue weighted by molar-refractivity contribution is -0.938. The Labute approximate surface area is 136 Å². The van der Waals surface area contributed by atoms with Crippen molar-refractivity contribution in [1.82, 2.24) is 0 Å². The molecule has 1 N–H and O–H groups in total. The summed E-state index contributed by atoms with van der Waals surface area (Å²) in [4.78, 5) is 12.5. The summed E-state index contributed by atoms with van der Waals surface area (Å²) in [5, 5.41) is 9.60. The number of carbonyl (C=O) groups excluding carboxylic acids is 1. The fourth-order valence-electron chi connectivity index (χ4n) is 4.55. The maximum absolute atomic E-state index is 12.5. The lowest BCUT2D eigenvalue weighted by Crippen LogP contribution is -2.60. The van der Waals surface area contributed by atoms with Crippen LogP contribution in [0.25, 0.3) is 0 Å². The number of nitrogens with zero attached hydrogens (tertiary/aromatic N) is 1. The van der Waals surface area contributed by atoms with Gasteiger partial charge in [0.1, 0.15) is 36.3 Å². The molecule has 5 heteroatoms. The summed E-state index contributed by atoms with van der Waals surface area (Å²) in [5.74, 6) is -0.908. The smallest absolute Gasteiger partial charge is 0.316 e. The van der Waals surface area contributed by atoms with Gasteiger partial charge in [0.2, 0.25) is 0 Å². The average Bonchev–Trinajstić information content (AvgIpc) is 3.27. The first-order valence-corrected chi connectivity index (χ1v) is 8.37. The third kappa shape index (κ3) is 2.38. The highest BCUT2D eigenvalue weighted by Crippen LogP contribution is 2.51. The van der Waals surface area contributed by atoms with E-state index >= 15 is 0 Å². The first kappa shape index (κ1) is 15.1. The number of esters is 1. The van der Waals surface area contributed by atoms with E-state index in [4.69, 9.17) is 9.47 Å². The summed E-state index contributed by atoms with van der Waals surface area (Å²) in [6, 6.07) is 10.2. The fourth-order valence-corrected chi connectivity index (χ4v) is 4.55. The Hall–Kier alpha value is -1.43. The summed E-state index contributed by atoms with van der Waals surface area (Å²) in [6.07, 6.45) is 2.34. The topological polar surface area (TPSA) is 59.1 Å². The van der Waals surface area contributed by atoms with Crippen LogP contribution in [0.4, 0.5) is 0 Å². The number of fused-ring (bicyclic) bond motifs is 5. The van der Waals surface area contributed by atoms with E-state index in [0.29, 0.717) is 24.3 Å². The molecule has 0 aromatic heterocycles. The second kappa shape index (κ2) is 5.30. The third-order valence-electron chi connectivity index (χ3n) is 5.99. The number of hydrogen-bond acceptors (Lipinski definition) is 4. The Bertz CT molecular complexity index is 582. The van der Waals surface area contributed by atoms with E-state index in [9.17, 15) is 9.90 Å². The van der Waals surface area contributed by atoms with Gasteiger partial charge in [0, 0.05) is 12.8 Å². The van der Waals surface area contributed by atoms with Crippen molar-refractivity contribution in [1.29, 1.82) is 0 Å². The molecular weight excluding hydrogens is 294 g/mol. The van der Waals surface area contributed by atoms with Crippen molar-refractivity contribution in [3.8, 4) is 0 Å². The van der Waals surface area contributed by atoms with Gasteiger partial charge >= 0.3 is 5.97 Å². The molecule has 3 fully saturated rings. The zero-order valence-corrected chi connectivity index (χ0v) is 13.6. The first-order chi connectivity index (χ1) is 11.0. The van der Waals surface area contributed by atoms with E-state index in [2.05, 4.69) is 14.1 Å². The normalized spacial score (nSPS) is 37.8. The van der Waals surface area contributed by atoms with E-state index in [-0.39, 0.29) is 18.7 Å². The molecule has 3 aliphatic rings. The van der Waals surface area contributed by atoms with Gasteiger partial charge < -0.3 is 19.1 Å². The van der Waals surface area contributed by atoms with Crippen molar-refractivity contribution >= 4 is 5.97 Å². The number of ether oxygens (including phenoxy) is 2. The number of benzene rings is 1. The average molecular weight is 318 g/mol. The number of aliphatic hydroxyl groups excluding tert-OH is 1.